The lowest BCUT2D eigenvalue weighted by atomic mass is 10.1. The van der Waals surface area contributed by atoms with Crippen LogP contribution in [0.3, 0.4) is 0 Å². The van der Waals surface area contributed by atoms with Crippen LogP contribution < -0.4 is 10.2 Å². The molecule has 2 heterocycles. The Labute approximate surface area is 168 Å². The monoisotopic (exact) mass is 394 g/mol. The number of hydrogen-bond donors (Lipinski definition) is 1. The first-order valence-electron chi connectivity index (χ1n) is 8.83. The van der Waals surface area contributed by atoms with Gasteiger partial charge in [0.05, 0.1) is 22.5 Å². The van der Waals surface area contributed by atoms with Crippen molar-refractivity contribution in [2.45, 2.75) is 25.9 Å². The third kappa shape index (κ3) is 4.00. The summed E-state index contributed by atoms with van der Waals surface area (Å²) in [4.78, 5) is 20.6. The van der Waals surface area contributed by atoms with E-state index < -0.39 is 0 Å². The quantitative estimate of drug-likeness (QED) is 0.839. The highest BCUT2D eigenvalue weighted by Gasteiger charge is 2.32. The molecule has 1 aromatic carbocycles. The van der Waals surface area contributed by atoms with Gasteiger partial charge in [0, 0.05) is 30.9 Å². The molecule has 1 fully saturated rings. The molecular weight excluding hydrogens is 376 g/mol. The lowest BCUT2D eigenvalue weighted by Crippen LogP contribution is -2.59. The van der Waals surface area contributed by atoms with E-state index >= 15 is 0 Å². The summed E-state index contributed by atoms with van der Waals surface area (Å²) >= 11 is 6.17. The second kappa shape index (κ2) is 8.16. The van der Waals surface area contributed by atoms with Crippen LogP contribution in [0.15, 0.2) is 36.5 Å². The molecule has 1 saturated heterocycles. The number of carbonyl (C=O) groups is 1. The maximum Gasteiger partial charge on any atom is 0.322 e. The third-order valence-corrected chi connectivity index (χ3v) is 5.09. The van der Waals surface area contributed by atoms with Gasteiger partial charge in [-0.1, -0.05) is 11.6 Å². The number of carbonyl (C=O) groups excluding carboxylic acids is 1. The lowest BCUT2D eigenvalue weighted by molar-refractivity contribution is 0.173. The van der Waals surface area contributed by atoms with E-state index in [2.05, 4.69) is 21.3 Å². The molecule has 142 valence electrons. The maximum absolute atomic E-state index is 12.7. The number of aromatic nitrogens is 1. The average molecular weight is 395 g/mol. The van der Waals surface area contributed by atoms with Gasteiger partial charge >= 0.3 is 6.03 Å². The Morgan fingerprint density at radius 1 is 1.18 bits per heavy atom. The lowest BCUT2D eigenvalue weighted by Gasteiger charge is -2.45. The molecule has 0 saturated carbocycles. The van der Waals surface area contributed by atoms with Gasteiger partial charge in [-0.3, -0.25) is 0 Å². The number of nitrogens with one attached hydrogen (secondary N) is 1. The van der Waals surface area contributed by atoms with Gasteiger partial charge in [-0.2, -0.15) is 10.5 Å². The Morgan fingerprint density at radius 2 is 1.96 bits per heavy atom. The molecule has 0 unspecified atom stereocenters. The predicted octanol–water partition coefficient (Wildman–Crippen LogP) is 3.61. The summed E-state index contributed by atoms with van der Waals surface area (Å²) < 4.78 is 0. The van der Waals surface area contributed by atoms with Gasteiger partial charge in [-0.25, -0.2) is 9.78 Å². The molecule has 1 aromatic heterocycles. The van der Waals surface area contributed by atoms with Gasteiger partial charge in [0.25, 0.3) is 0 Å². The topological polar surface area (TPSA) is 96.0 Å². The number of halogens is 1. The van der Waals surface area contributed by atoms with Crippen LogP contribution in [0.1, 0.15) is 25.1 Å². The second-order valence-electron chi connectivity index (χ2n) is 6.75. The highest BCUT2D eigenvalue weighted by atomic mass is 35.5. The van der Waals surface area contributed by atoms with Gasteiger partial charge in [-0.05, 0) is 44.2 Å². The van der Waals surface area contributed by atoms with E-state index in [-0.39, 0.29) is 18.1 Å². The molecule has 1 aliphatic heterocycles. The zero-order valence-corrected chi connectivity index (χ0v) is 16.3. The highest BCUT2D eigenvalue weighted by Crippen LogP contribution is 2.28. The van der Waals surface area contributed by atoms with E-state index in [1.54, 1.807) is 29.2 Å². The Morgan fingerprint density at radius 3 is 2.57 bits per heavy atom. The molecule has 3 rings (SSSR count). The number of urea groups is 1. The van der Waals surface area contributed by atoms with Gasteiger partial charge < -0.3 is 15.1 Å². The largest absolute Gasteiger partial charge is 0.365 e. The fourth-order valence-electron chi connectivity index (χ4n) is 3.27. The Hall–Kier alpha value is -3.29. The number of hydrogen-bond acceptors (Lipinski definition) is 5. The molecule has 0 radical (unpaired) electrons. The second-order valence-corrected chi connectivity index (χ2v) is 7.16. The van der Waals surface area contributed by atoms with Crippen molar-refractivity contribution in [1.29, 1.82) is 10.5 Å². The van der Waals surface area contributed by atoms with E-state index in [0.29, 0.717) is 35.1 Å². The number of pyridine rings is 1. The van der Waals surface area contributed by atoms with Crippen LogP contribution in [0.2, 0.25) is 5.02 Å². The molecule has 8 heteroatoms. The van der Waals surface area contributed by atoms with Crippen LogP contribution in [-0.4, -0.2) is 41.1 Å². The number of nitrogens with zero attached hydrogens (tertiary/aromatic N) is 5. The molecule has 2 aromatic rings. The minimum Gasteiger partial charge on any atom is -0.365 e. The number of anilines is 2. The zero-order valence-electron chi connectivity index (χ0n) is 15.6. The fraction of sp³-hybridized carbons (Fsp3) is 0.300. The van der Waals surface area contributed by atoms with E-state index in [9.17, 15) is 4.79 Å². The van der Waals surface area contributed by atoms with E-state index in [1.165, 1.54) is 6.20 Å². The molecule has 0 spiro atoms. The van der Waals surface area contributed by atoms with Crippen LogP contribution in [0.4, 0.5) is 16.2 Å². The van der Waals surface area contributed by atoms with Crippen LogP contribution in [-0.2, 0) is 0 Å². The van der Waals surface area contributed by atoms with Crippen molar-refractivity contribution in [3.8, 4) is 12.1 Å². The molecular formula is C20H19ClN6O. The number of rotatable bonds is 2. The van der Waals surface area contributed by atoms with Gasteiger partial charge in [-0.15, -0.1) is 0 Å². The predicted molar refractivity (Wildman–Crippen MR) is 107 cm³/mol. The van der Waals surface area contributed by atoms with Crippen LogP contribution in [0.25, 0.3) is 0 Å². The Bertz CT molecular complexity index is 962. The SMILES string of the molecule is C[C@@H]1CN(c2ccc(C#N)c(Cl)c2)[C@@H](C)CN1C(=O)Nc1ccc(C#N)nc1. The molecule has 0 bridgehead atoms. The van der Waals surface area contributed by atoms with Crippen LogP contribution in [0, 0.1) is 22.7 Å². The molecule has 28 heavy (non-hydrogen) atoms. The summed E-state index contributed by atoms with van der Waals surface area (Å²) in [5, 5.41) is 21.1. The zero-order chi connectivity index (χ0) is 20.3. The van der Waals surface area contributed by atoms with Crippen molar-refractivity contribution in [3.05, 3.63) is 52.8 Å². The van der Waals surface area contributed by atoms with Gasteiger partial charge in [0.15, 0.2) is 0 Å². The van der Waals surface area contributed by atoms with E-state index in [4.69, 9.17) is 22.1 Å². The summed E-state index contributed by atoms with van der Waals surface area (Å²) in [7, 11) is 0. The van der Waals surface area contributed by atoms with Gasteiger partial charge in [0.1, 0.15) is 17.8 Å². The van der Waals surface area contributed by atoms with Crippen molar-refractivity contribution in [3.63, 3.8) is 0 Å². The number of nitriles is 2. The summed E-state index contributed by atoms with van der Waals surface area (Å²) in [6.07, 6.45) is 1.47. The van der Waals surface area contributed by atoms with E-state index in [0.717, 1.165) is 5.69 Å². The molecule has 1 aliphatic rings. The summed E-state index contributed by atoms with van der Waals surface area (Å²) in [5.41, 5.74) is 2.22. The molecule has 1 N–H and O–H groups in total. The summed E-state index contributed by atoms with van der Waals surface area (Å²) in [5.74, 6) is 0. The number of piperazine rings is 1. The summed E-state index contributed by atoms with van der Waals surface area (Å²) in [6.45, 7) is 5.21. The van der Waals surface area contributed by atoms with Crippen molar-refractivity contribution in [2.75, 3.05) is 23.3 Å². The number of amides is 2. The maximum atomic E-state index is 12.7. The third-order valence-electron chi connectivity index (χ3n) is 4.78. The highest BCUT2D eigenvalue weighted by molar-refractivity contribution is 6.32. The van der Waals surface area contributed by atoms with Crippen molar-refractivity contribution in [2.24, 2.45) is 0 Å². The van der Waals surface area contributed by atoms with Crippen molar-refractivity contribution < 1.29 is 4.79 Å². The smallest absolute Gasteiger partial charge is 0.322 e. The Kier molecular flexibility index (Phi) is 5.67. The summed E-state index contributed by atoms with van der Waals surface area (Å²) in [6, 6.07) is 12.5. The van der Waals surface area contributed by atoms with Crippen LogP contribution >= 0.6 is 11.6 Å². The number of benzene rings is 1. The normalized spacial score (nSPS) is 18.9. The molecule has 2 amide bonds. The van der Waals surface area contributed by atoms with Gasteiger partial charge in [0.2, 0.25) is 0 Å². The Balaban J connectivity index is 1.70. The first-order chi connectivity index (χ1) is 13.4. The fourth-order valence-corrected chi connectivity index (χ4v) is 3.49. The minimum atomic E-state index is -0.205. The molecule has 7 nitrogen and oxygen atoms in total. The standard InChI is InChI=1S/C20H19ClN6O/c1-13-12-27(20(28)25-17-5-4-16(9-23)24-10-17)14(2)11-26(13)18-6-3-15(8-22)19(21)7-18/h3-7,10,13-14H,11-12H2,1-2H3,(H,25,28)/t13-,14+/m0/s1. The van der Waals surface area contributed by atoms with Crippen molar-refractivity contribution in [1.82, 2.24) is 9.88 Å². The molecule has 0 aliphatic carbocycles. The van der Waals surface area contributed by atoms with Crippen LogP contribution in [0.5, 0.6) is 0 Å². The van der Waals surface area contributed by atoms with Crippen molar-refractivity contribution >= 4 is 29.0 Å². The average Bonchev–Trinajstić information content (AvgIpc) is 2.69. The first kappa shape index (κ1) is 19.5. The van der Waals surface area contributed by atoms with E-state index in [1.807, 2.05) is 26.0 Å². The molecule has 2 atom stereocenters. The minimum absolute atomic E-state index is 0.0306. The first-order valence-corrected chi connectivity index (χ1v) is 9.20.